The molecule has 0 radical (unpaired) electrons. The summed E-state index contributed by atoms with van der Waals surface area (Å²) in [6.45, 7) is 4.99. The molecule has 176 valence electrons. The molecule has 0 spiro atoms. The van der Waals surface area contributed by atoms with Crippen LogP contribution in [0.4, 0.5) is 8.78 Å². The van der Waals surface area contributed by atoms with Gasteiger partial charge in [0.2, 0.25) is 5.91 Å². The van der Waals surface area contributed by atoms with Crippen LogP contribution in [-0.4, -0.2) is 33.2 Å². The summed E-state index contributed by atoms with van der Waals surface area (Å²) in [5.41, 5.74) is 5.64. The van der Waals surface area contributed by atoms with Gasteiger partial charge in [-0.2, -0.15) is 0 Å². The maximum absolute atomic E-state index is 13.3. The monoisotopic (exact) mass is 465 g/mol. The molecule has 8 heteroatoms. The number of alkyl halides is 2. The lowest BCUT2D eigenvalue weighted by atomic mass is 9.98. The van der Waals surface area contributed by atoms with Gasteiger partial charge in [-0.05, 0) is 73.2 Å². The molecular weight excluding hydrogens is 440 g/mol. The molecule has 0 aliphatic carbocycles. The van der Waals surface area contributed by atoms with E-state index in [9.17, 15) is 13.6 Å². The van der Waals surface area contributed by atoms with Crippen molar-refractivity contribution in [2.75, 3.05) is 6.54 Å². The standard InChI is InChI=1S/C26H25F2N3O3/c1-3-20-11-18(6-8-22(20)31-14-17(2)29-16-31)12-21-5-4-10-30(25(21)32)15-19-7-9-23-24(13-19)34-26(27,28)33-23/h6-9,11-14,16H,3-5,10,15H2,1-2H3/b21-12+. The number of carbonyl (C=O) groups excluding carboxylic acids is 1. The average molecular weight is 466 g/mol. The molecule has 6 nitrogen and oxygen atoms in total. The molecule has 1 saturated heterocycles. The van der Waals surface area contributed by atoms with Crippen molar-refractivity contribution in [2.24, 2.45) is 0 Å². The Bertz CT molecular complexity index is 1280. The van der Waals surface area contributed by atoms with Crippen LogP contribution >= 0.6 is 0 Å². The number of likely N-dealkylation sites (tertiary alicyclic amines) is 1. The first-order valence-corrected chi connectivity index (χ1v) is 11.3. The topological polar surface area (TPSA) is 56.6 Å². The second-order valence-corrected chi connectivity index (χ2v) is 8.61. The molecule has 0 N–H and O–H groups in total. The quantitative estimate of drug-likeness (QED) is 0.482. The number of halogens is 2. The van der Waals surface area contributed by atoms with Crippen molar-refractivity contribution in [1.29, 1.82) is 0 Å². The maximum Gasteiger partial charge on any atom is 0.586 e. The SMILES string of the molecule is CCc1cc(/C=C2\CCCN(Cc3ccc4c(c3)OC(F)(F)O4)C2=O)ccc1-n1cnc(C)c1. The molecular formula is C26H25F2N3O3. The Morgan fingerprint density at radius 3 is 2.74 bits per heavy atom. The van der Waals surface area contributed by atoms with Gasteiger partial charge in [0.1, 0.15) is 0 Å². The number of amides is 1. The lowest BCUT2D eigenvalue weighted by Gasteiger charge is -2.28. The minimum absolute atomic E-state index is 0.000310. The number of ether oxygens (including phenoxy) is 2. The number of carbonyl (C=O) groups is 1. The third-order valence-electron chi connectivity index (χ3n) is 6.09. The van der Waals surface area contributed by atoms with E-state index >= 15 is 0 Å². The van der Waals surface area contributed by atoms with Crippen LogP contribution < -0.4 is 9.47 Å². The highest BCUT2D eigenvalue weighted by Crippen LogP contribution is 2.41. The minimum atomic E-state index is -3.65. The van der Waals surface area contributed by atoms with Crippen molar-refractivity contribution in [1.82, 2.24) is 14.5 Å². The fourth-order valence-corrected chi connectivity index (χ4v) is 4.45. The van der Waals surface area contributed by atoms with E-state index in [0.717, 1.165) is 35.4 Å². The Morgan fingerprint density at radius 2 is 1.97 bits per heavy atom. The summed E-state index contributed by atoms with van der Waals surface area (Å²) in [6.07, 6.45) is 4.50. The van der Waals surface area contributed by atoms with Gasteiger partial charge < -0.3 is 18.9 Å². The Hall–Kier alpha value is -3.68. The first-order chi connectivity index (χ1) is 16.3. The van der Waals surface area contributed by atoms with E-state index < -0.39 is 6.29 Å². The van der Waals surface area contributed by atoms with Crippen molar-refractivity contribution < 1.29 is 23.0 Å². The van der Waals surface area contributed by atoms with E-state index in [4.69, 9.17) is 0 Å². The molecule has 0 saturated carbocycles. The van der Waals surface area contributed by atoms with Crippen LogP contribution in [0.3, 0.4) is 0 Å². The molecule has 0 atom stereocenters. The number of aromatic nitrogens is 2. The minimum Gasteiger partial charge on any atom is -0.395 e. The van der Waals surface area contributed by atoms with Crippen molar-refractivity contribution in [3.8, 4) is 17.2 Å². The van der Waals surface area contributed by atoms with Gasteiger partial charge in [-0.3, -0.25) is 4.79 Å². The fourth-order valence-electron chi connectivity index (χ4n) is 4.45. The van der Waals surface area contributed by atoms with Gasteiger partial charge in [-0.1, -0.05) is 19.1 Å². The Morgan fingerprint density at radius 1 is 1.15 bits per heavy atom. The number of benzene rings is 2. The van der Waals surface area contributed by atoms with Crippen LogP contribution in [0.15, 0.2) is 54.5 Å². The summed E-state index contributed by atoms with van der Waals surface area (Å²) in [6, 6.07) is 10.8. The second-order valence-electron chi connectivity index (χ2n) is 8.61. The summed E-state index contributed by atoms with van der Waals surface area (Å²) in [7, 11) is 0. The number of nitrogens with zero attached hydrogens (tertiary/aromatic N) is 3. The molecule has 3 aromatic rings. The highest BCUT2D eigenvalue weighted by atomic mass is 19.3. The van der Waals surface area contributed by atoms with E-state index in [0.29, 0.717) is 25.1 Å². The smallest absolute Gasteiger partial charge is 0.395 e. The van der Waals surface area contributed by atoms with E-state index in [-0.39, 0.29) is 17.4 Å². The predicted molar refractivity (Wildman–Crippen MR) is 123 cm³/mol. The molecule has 34 heavy (non-hydrogen) atoms. The highest BCUT2D eigenvalue weighted by Gasteiger charge is 2.43. The number of fused-ring (bicyclic) bond motifs is 1. The molecule has 2 aliphatic rings. The summed E-state index contributed by atoms with van der Waals surface area (Å²) in [4.78, 5) is 19.2. The molecule has 2 aliphatic heterocycles. The van der Waals surface area contributed by atoms with Crippen LogP contribution in [0.5, 0.6) is 11.5 Å². The van der Waals surface area contributed by atoms with Gasteiger partial charge >= 0.3 is 6.29 Å². The lowest BCUT2D eigenvalue weighted by molar-refractivity contribution is -0.286. The summed E-state index contributed by atoms with van der Waals surface area (Å²) in [5, 5.41) is 0. The van der Waals surface area contributed by atoms with E-state index in [1.807, 2.05) is 36.2 Å². The zero-order chi connectivity index (χ0) is 23.9. The summed E-state index contributed by atoms with van der Waals surface area (Å²) >= 11 is 0. The van der Waals surface area contributed by atoms with Crippen molar-refractivity contribution >= 4 is 12.0 Å². The van der Waals surface area contributed by atoms with Crippen LogP contribution in [0.25, 0.3) is 11.8 Å². The Labute approximate surface area is 196 Å². The zero-order valence-electron chi connectivity index (χ0n) is 19.1. The van der Waals surface area contributed by atoms with Gasteiger partial charge in [0.15, 0.2) is 11.5 Å². The first kappa shape index (κ1) is 22.1. The van der Waals surface area contributed by atoms with Crippen molar-refractivity contribution in [3.63, 3.8) is 0 Å². The molecule has 0 bridgehead atoms. The van der Waals surface area contributed by atoms with Gasteiger partial charge in [0, 0.05) is 30.5 Å². The predicted octanol–water partition coefficient (Wildman–Crippen LogP) is 5.27. The first-order valence-electron chi connectivity index (χ1n) is 11.3. The fraction of sp³-hybridized carbons (Fsp3) is 0.308. The van der Waals surface area contributed by atoms with Crippen LogP contribution in [0, 0.1) is 6.92 Å². The van der Waals surface area contributed by atoms with Crippen LogP contribution in [-0.2, 0) is 17.8 Å². The van der Waals surface area contributed by atoms with Crippen molar-refractivity contribution in [2.45, 2.75) is 45.9 Å². The van der Waals surface area contributed by atoms with Gasteiger partial charge in [-0.15, -0.1) is 8.78 Å². The number of hydrogen-bond donors (Lipinski definition) is 0. The molecule has 3 heterocycles. The van der Waals surface area contributed by atoms with Gasteiger partial charge in [0.05, 0.1) is 12.0 Å². The van der Waals surface area contributed by atoms with Crippen LogP contribution in [0.2, 0.25) is 0 Å². The van der Waals surface area contributed by atoms with Crippen molar-refractivity contribution in [3.05, 3.63) is 76.9 Å². The molecule has 5 rings (SSSR count). The number of aryl methyl sites for hydroxylation is 2. The average Bonchev–Trinajstić information content (AvgIpc) is 3.37. The number of piperidine rings is 1. The van der Waals surface area contributed by atoms with Crippen LogP contribution in [0.1, 0.15) is 42.1 Å². The molecule has 1 amide bonds. The summed E-state index contributed by atoms with van der Waals surface area (Å²) < 4.78 is 37.6. The lowest BCUT2D eigenvalue weighted by Crippen LogP contribution is -2.36. The molecule has 0 unspecified atom stereocenters. The third kappa shape index (κ3) is 4.40. The highest BCUT2D eigenvalue weighted by molar-refractivity contribution is 5.98. The van der Waals surface area contributed by atoms with Gasteiger partial charge in [-0.25, -0.2) is 4.98 Å². The largest absolute Gasteiger partial charge is 0.586 e. The maximum atomic E-state index is 13.3. The zero-order valence-corrected chi connectivity index (χ0v) is 19.1. The molecule has 1 fully saturated rings. The normalized spacial score (nSPS) is 18.1. The van der Waals surface area contributed by atoms with E-state index in [1.165, 1.54) is 17.7 Å². The molecule has 2 aromatic carbocycles. The third-order valence-corrected chi connectivity index (χ3v) is 6.09. The van der Waals surface area contributed by atoms with E-state index in [1.54, 1.807) is 11.0 Å². The molecule has 1 aromatic heterocycles. The Balaban J connectivity index is 1.34. The second kappa shape index (κ2) is 8.59. The number of rotatable bonds is 5. The Kier molecular flexibility index (Phi) is 5.59. The summed E-state index contributed by atoms with van der Waals surface area (Å²) in [5.74, 6) is -0.0510. The van der Waals surface area contributed by atoms with Gasteiger partial charge in [0.25, 0.3) is 0 Å². The van der Waals surface area contributed by atoms with E-state index in [2.05, 4.69) is 33.5 Å². The number of hydrogen-bond acceptors (Lipinski definition) is 4. The number of imidazole rings is 1.